The van der Waals surface area contributed by atoms with Gasteiger partial charge in [0.1, 0.15) is 12.6 Å². The van der Waals surface area contributed by atoms with Gasteiger partial charge in [-0.05, 0) is 74.4 Å². The van der Waals surface area contributed by atoms with Gasteiger partial charge in [-0.15, -0.1) is 0 Å². The fourth-order valence-corrected chi connectivity index (χ4v) is 5.64. The third-order valence-electron chi connectivity index (χ3n) is 6.01. The standard InChI is InChI=1S/C28H31Cl2N3O4S/c1-4-26(28(35)31-5-2)32(18-21-8-10-22(29)11-9-21)27(34)19-33(24-14-12-23(30)13-15-24)38(36,37)25-16-6-20(3)7-17-25/h6-17,26H,4-5,18-19H2,1-3H3,(H,31,35)/t26-/m0/s1. The molecule has 2 amide bonds. The number of amides is 2. The Kier molecular flexibility index (Phi) is 10.2. The number of rotatable bonds is 11. The first-order chi connectivity index (χ1) is 18.1. The van der Waals surface area contributed by atoms with E-state index in [-0.39, 0.29) is 23.0 Å². The molecule has 0 bridgehead atoms. The Morgan fingerprint density at radius 1 is 0.868 bits per heavy atom. The first-order valence-corrected chi connectivity index (χ1v) is 14.4. The van der Waals surface area contributed by atoms with Crippen LogP contribution >= 0.6 is 23.2 Å². The van der Waals surface area contributed by atoms with Crippen molar-refractivity contribution in [1.82, 2.24) is 10.2 Å². The molecule has 0 aliphatic heterocycles. The Morgan fingerprint density at radius 2 is 1.42 bits per heavy atom. The van der Waals surface area contributed by atoms with E-state index in [1.165, 1.54) is 17.0 Å². The van der Waals surface area contributed by atoms with E-state index in [2.05, 4.69) is 5.32 Å². The average Bonchev–Trinajstić information content (AvgIpc) is 2.89. The van der Waals surface area contributed by atoms with Crippen LogP contribution in [-0.2, 0) is 26.2 Å². The Labute approximate surface area is 234 Å². The summed E-state index contributed by atoms with van der Waals surface area (Å²) >= 11 is 12.1. The van der Waals surface area contributed by atoms with Crippen LogP contribution < -0.4 is 9.62 Å². The Balaban J connectivity index is 2.04. The molecule has 0 heterocycles. The highest BCUT2D eigenvalue weighted by atomic mass is 35.5. The molecule has 1 N–H and O–H groups in total. The molecule has 0 saturated carbocycles. The quantitative estimate of drug-likeness (QED) is 0.330. The molecule has 0 saturated heterocycles. The SMILES string of the molecule is CCNC(=O)[C@H](CC)N(Cc1ccc(Cl)cc1)C(=O)CN(c1ccc(Cl)cc1)S(=O)(=O)c1ccc(C)cc1. The highest BCUT2D eigenvalue weighted by molar-refractivity contribution is 7.92. The zero-order valence-electron chi connectivity index (χ0n) is 21.5. The first-order valence-electron chi connectivity index (χ1n) is 12.2. The molecule has 1 atom stereocenters. The smallest absolute Gasteiger partial charge is 0.264 e. The van der Waals surface area contributed by atoms with Crippen molar-refractivity contribution in [3.63, 3.8) is 0 Å². The molecule has 0 aliphatic rings. The van der Waals surface area contributed by atoms with Crippen molar-refractivity contribution in [2.45, 2.75) is 44.7 Å². The largest absolute Gasteiger partial charge is 0.355 e. The van der Waals surface area contributed by atoms with Gasteiger partial charge in [-0.2, -0.15) is 0 Å². The summed E-state index contributed by atoms with van der Waals surface area (Å²) in [5.41, 5.74) is 1.94. The van der Waals surface area contributed by atoms with E-state index < -0.39 is 28.5 Å². The van der Waals surface area contributed by atoms with Crippen LogP contribution in [0.5, 0.6) is 0 Å². The van der Waals surface area contributed by atoms with Crippen LogP contribution in [0.2, 0.25) is 10.0 Å². The van der Waals surface area contributed by atoms with Crippen LogP contribution in [0.25, 0.3) is 0 Å². The van der Waals surface area contributed by atoms with Crippen molar-refractivity contribution >= 4 is 50.7 Å². The van der Waals surface area contributed by atoms with Crippen molar-refractivity contribution in [1.29, 1.82) is 0 Å². The second-order valence-corrected chi connectivity index (χ2v) is 11.5. The number of hydrogen-bond acceptors (Lipinski definition) is 4. The van der Waals surface area contributed by atoms with E-state index in [1.807, 2.05) is 13.8 Å². The molecule has 0 aromatic heterocycles. The van der Waals surface area contributed by atoms with Crippen molar-refractivity contribution < 1.29 is 18.0 Å². The van der Waals surface area contributed by atoms with Crippen LogP contribution in [-0.4, -0.2) is 44.3 Å². The van der Waals surface area contributed by atoms with E-state index in [4.69, 9.17) is 23.2 Å². The topological polar surface area (TPSA) is 86.8 Å². The maximum absolute atomic E-state index is 13.9. The van der Waals surface area contributed by atoms with E-state index in [1.54, 1.807) is 67.6 Å². The number of nitrogens with one attached hydrogen (secondary N) is 1. The Hall–Kier alpha value is -3.07. The lowest BCUT2D eigenvalue weighted by Crippen LogP contribution is -2.52. The molecule has 0 fully saturated rings. The van der Waals surface area contributed by atoms with Crippen LogP contribution in [0.4, 0.5) is 5.69 Å². The molecule has 3 aromatic rings. The summed E-state index contributed by atoms with van der Waals surface area (Å²) < 4.78 is 28.6. The monoisotopic (exact) mass is 575 g/mol. The molecule has 7 nitrogen and oxygen atoms in total. The number of likely N-dealkylation sites (N-methyl/N-ethyl adjacent to an activating group) is 1. The number of aryl methyl sites for hydroxylation is 1. The zero-order chi connectivity index (χ0) is 27.9. The summed E-state index contributed by atoms with van der Waals surface area (Å²) in [5, 5.41) is 3.75. The normalized spacial score (nSPS) is 12.0. The van der Waals surface area contributed by atoms with Gasteiger partial charge in [-0.3, -0.25) is 13.9 Å². The van der Waals surface area contributed by atoms with Gasteiger partial charge in [0.25, 0.3) is 10.0 Å². The third-order valence-corrected chi connectivity index (χ3v) is 8.30. The number of sulfonamides is 1. The third kappa shape index (κ3) is 7.28. The second-order valence-electron chi connectivity index (χ2n) is 8.77. The predicted molar refractivity (Wildman–Crippen MR) is 152 cm³/mol. The molecule has 3 aromatic carbocycles. The van der Waals surface area contributed by atoms with Crippen LogP contribution in [0.15, 0.2) is 77.7 Å². The van der Waals surface area contributed by atoms with Crippen LogP contribution in [0.3, 0.4) is 0 Å². The molecular weight excluding hydrogens is 545 g/mol. The van der Waals surface area contributed by atoms with Crippen LogP contribution in [0.1, 0.15) is 31.4 Å². The summed E-state index contributed by atoms with van der Waals surface area (Å²) in [4.78, 5) is 28.3. The minimum atomic E-state index is -4.13. The molecule has 0 spiro atoms. The number of hydrogen-bond donors (Lipinski definition) is 1. The van der Waals surface area contributed by atoms with Gasteiger partial charge in [-0.1, -0.05) is 60.0 Å². The molecule has 10 heteroatoms. The van der Waals surface area contributed by atoms with E-state index in [0.717, 1.165) is 15.4 Å². The maximum atomic E-state index is 13.9. The number of halogens is 2. The molecule has 3 rings (SSSR count). The maximum Gasteiger partial charge on any atom is 0.264 e. The number of nitrogens with zero attached hydrogens (tertiary/aromatic N) is 2. The van der Waals surface area contributed by atoms with Crippen LogP contribution in [0, 0.1) is 6.92 Å². The molecule has 202 valence electrons. The van der Waals surface area contributed by atoms with E-state index in [9.17, 15) is 18.0 Å². The fraction of sp³-hybridized carbons (Fsp3) is 0.286. The zero-order valence-corrected chi connectivity index (χ0v) is 23.9. The van der Waals surface area contributed by atoms with Gasteiger partial charge in [0.2, 0.25) is 11.8 Å². The number of carbonyl (C=O) groups excluding carboxylic acids is 2. The summed E-state index contributed by atoms with van der Waals surface area (Å²) in [7, 11) is -4.13. The summed E-state index contributed by atoms with van der Waals surface area (Å²) in [6.45, 7) is 5.45. The first kappa shape index (κ1) is 29.5. The lowest BCUT2D eigenvalue weighted by molar-refractivity contribution is -0.140. The number of benzene rings is 3. The highest BCUT2D eigenvalue weighted by Crippen LogP contribution is 2.26. The minimum Gasteiger partial charge on any atom is -0.355 e. The molecule has 38 heavy (non-hydrogen) atoms. The lowest BCUT2D eigenvalue weighted by Gasteiger charge is -2.33. The fourth-order valence-electron chi connectivity index (χ4n) is 3.97. The van der Waals surface area contributed by atoms with Gasteiger partial charge in [0.15, 0.2) is 0 Å². The molecule has 0 aliphatic carbocycles. The second kappa shape index (κ2) is 13.1. The van der Waals surface area contributed by atoms with Crippen molar-refractivity contribution in [2.75, 3.05) is 17.4 Å². The summed E-state index contributed by atoms with van der Waals surface area (Å²) in [6, 6.07) is 18.8. The predicted octanol–water partition coefficient (Wildman–Crippen LogP) is 5.44. The van der Waals surface area contributed by atoms with Gasteiger partial charge < -0.3 is 10.2 Å². The van der Waals surface area contributed by atoms with Gasteiger partial charge in [-0.25, -0.2) is 8.42 Å². The van der Waals surface area contributed by atoms with Crippen molar-refractivity contribution in [3.05, 3.63) is 94.0 Å². The highest BCUT2D eigenvalue weighted by Gasteiger charge is 2.33. The van der Waals surface area contributed by atoms with Gasteiger partial charge >= 0.3 is 0 Å². The Bertz CT molecular complexity index is 1350. The molecule has 0 radical (unpaired) electrons. The molecular formula is C28H31Cl2N3O4S. The summed E-state index contributed by atoms with van der Waals surface area (Å²) in [5.74, 6) is -0.833. The number of carbonyl (C=O) groups is 2. The van der Waals surface area contributed by atoms with Gasteiger partial charge in [0.05, 0.1) is 10.6 Å². The van der Waals surface area contributed by atoms with E-state index in [0.29, 0.717) is 23.0 Å². The number of anilines is 1. The van der Waals surface area contributed by atoms with Gasteiger partial charge in [0, 0.05) is 23.1 Å². The summed E-state index contributed by atoms with van der Waals surface area (Å²) in [6.07, 6.45) is 0.344. The Morgan fingerprint density at radius 3 is 1.95 bits per heavy atom. The average molecular weight is 577 g/mol. The lowest BCUT2D eigenvalue weighted by atomic mass is 10.1. The van der Waals surface area contributed by atoms with Crippen molar-refractivity contribution in [3.8, 4) is 0 Å². The molecule has 0 unspecified atom stereocenters. The van der Waals surface area contributed by atoms with Crippen molar-refractivity contribution in [2.24, 2.45) is 0 Å². The minimum absolute atomic E-state index is 0.0471. The van der Waals surface area contributed by atoms with E-state index >= 15 is 0 Å².